The molecule has 2 N–H and O–H groups in total. The number of hydrogen-bond donors (Lipinski definition) is 2. The highest BCUT2D eigenvalue weighted by Crippen LogP contribution is 2.18. The molecule has 0 radical (unpaired) electrons. The first-order valence-corrected chi connectivity index (χ1v) is 7.35. The van der Waals surface area contributed by atoms with E-state index in [1.807, 2.05) is 0 Å². The Morgan fingerprint density at radius 3 is 2.30 bits per heavy atom. The van der Waals surface area contributed by atoms with Crippen LogP contribution in [0, 0.1) is 0 Å². The molecule has 0 aliphatic heterocycles. The smallest absolute Gasteiger partial charge is 0.223 e. The lowest BCUT2D eigenvalue weighted by Crippen LogP contribution is -2.34. The fraction of sp³-hybridized carbons (Fsp3) is 0.438. The molecule has 0 unspecified atom stereocenters. The number of ether oxygens (including phenoxy) is 1. The van der Waals surface area contributed by atoms with Crippen LogP contribution in [0.15, 0.2) is 24.3 Å². The zero-order valence-corrected chi connectivity index (χ0v) is 13.7. The Morgan fingerprint density at radius 2 is 1.78 bits per heavy atom. The van der Waals surface area contributed by atoms with Crippen molar-refractivity contribution >= 4 is 29.1 Å². The number of amides is 3. The predicted molar refractivity (Wildman–Crippen MR) is 88.3 cm³/mol. The maximum absolute atomic E-state index is 11.8. The van der Waals surface area contributed by atoms with Crippen molar-refractivity contribution in [2.75, 3.05) is 37.0 Å². The zero-order chi connectivity index (χ0) is 17.2. The molecule has 0 spiro atoms. The standard InChI is InChI=1S/C16H23N3O4/c1-12(20)18-14-4-6-15(7-5-14)19(13(2)21)10-8-16(22)17-9-11-23-3/h4-7H,8-11H2,1-3H3,(H,17,22)(H,18,20). The molecule has 0 aliphatic rings. The molecule has 0 saturated carbocycles. The van der Waals surface area contributed by atoms with Crippen LogP contribution in [0.1, 0.15) is 20.3 Å². The van der Waals surface area contributed by atoms with E-state index in [0.29, 0.717) is 24.5 Å². The third kappa shape index (κ3) is 6.92. The summed E-state index contributed by atoms with van der Waals surface area (Å²) in [6, 6.07) is 6.89. The molecule has 0 aliphatic carbocycles. The molecule has 126 valence electrons. The van der Waals surface area contributed by atoms with E-state index in [2.05, 4.69) is 10.6 Å². The Balaban J connectivity index is 2.62. The molecule has 1 aromatic carbocycles. The Kier molecular flexibility index (Phi) is 7.76. The number of methoxy groups -OCH3 is 1. The Labute approximate surface area is 136 Å². The summed E-state index contributed by atoms with van der Waals surface area (Å²) in [6.45, 7) is 4.06. The van der Waals surface area contributed by atoms with Crippen molar-refractivity contribution in [3.05, 3.63) is 24.3 Å². The number of anilines is 2. The van der Waals surface area contributed by atoms with E-state index >= 15 is 0 Å². The highest BCUT2D eigenvalue weighted by molar-refractivity contribution is 5.93. The predicted octanol–water partition coefficient (Wildman–Crippen LogP) is 1.15. The fourth-order valence-corrected chi connectivity index (χ4v) is 1.99. The second kappa shape index (κ2) is 9.58. The van der Waals surface area contributed by atoms with Crippen molar-refractivity contribution in [2.45, 2.75) is 20.3 Å². The zero-order valence-electron chi connectivity index (χ0n) is 13.7. The lowest BCUT2D eigenvalue weighted by molar-refractivity contribution is -0.121. The number of benzene rings is 1. The lowest BCUT2D eigenvalue weighted by Gasteiger charge is -2.21. The van der Waals surface area contributed by atoms with Gasteiger partial charge in [0.2, 0.25) is 17.7 Å². The molecule has 7 nitrogen and oxygen atoms in total. The third-order valence-electron chi connectivity index (χ3n) is 3.07. The van der Waals surface area contributed by atoms with Crippen LogP contribution in [0.25, 0.3) is 0 Å². The summed E-state index contributed by atoms with van der Waals surface area (Å²) >= 11 is 0. The van der Waals surface area contributed by atoms with Gasteiger partial charge in [0.25, 0.3) is 0 Å². The Morgan fingerprint density at radius 1 is 1.13 bits per heavy atom. The first-order chi connectivity index (χ1) is 10.9. The summed E-state index contributed by atoms with van der Waals surface area (Å²) in [4.78, 5) is 36.0. The van der Waals surface area contributed by atoms with E-state index in [4.69, 9.17) is 4.74 Å². The minimum atomic E-state index is -0.158. The normalized spacial score (nSPS) is 10.0. The van der Waals surface area contributed by atoms with Gasteiger partial charge in [-0.1, -0.05) is 0 Å². The summed E-state index contributed by atoms with van der Waals surface area (Å²) in [5, 5.41) is 5.37. The van der Waals surface area contributed by atoms with E-state index in [1.165, 1.54) is 18.7 Å². The number of carbonyl (C=O) groups is 3. The van der Waals surface area contributed by atoms with Crippen LogP contribution in [-0.4, -0.2) is 44.5 Å². The lowest BCUT2D eigenvalue weighted by atomic mass is 10.2. The first kappa shape index (κ1) is 18.6. The highest BCUT2D eigenvalue weighted by atomic mass is 16.5. The molecule has 0 atom stereocenters. The van der Waals surface area contributed by atoms with Crippen molar-refractivity contribution in [3.8, 4) is 0 Å². The third-order valence-corrected chi connectivity index (χ3v) is 3.07. The van der Waals surface area contributed by atoms with Crippen molar-refractivity contribution < 1.29 is 19.1 Å². The first-order valence-electron chi connectivity index (χ1n) is 7.35. The number of rotatable bonds is 8. The van der Waals surface area contributed by atoms with E-state index in [0.717, 1.165) is 0 Å². The maximum Gasteiger partial charge on any atom is 0.223 e. The monoisotopic (exact) mass is 321 g/mol. The highest BCUT2D eigenvalue weighted by Gasteiger charge is 2.13. The molecule has 1 rings (SSSR count). The second-order valence-electron chi connectivity index (χ2n) is 4.99. The van der Waals surface area contributed by atoms with Crippen LogP contribution >= 0.6 is 0 Å². The van der Waals surface area contributed by atoms with Crippen LogP contribution < -0.4 is 15.5 Å². The van der Waals surface area contributed by atoms with E-state index in [9.17, 15) is 14.4 Å². The number of hydrogen-bond acceptors (Lipinski definition) is 4. The van der Waals surface area contributed by atoms with Gasteiger partial charge in [-0.05, 0) is 24.3 Å². The summed E-state index contributed by atoms with van der Waals surface area (Å²) < 4.78 is 4.85. The maximum atomic E-state index is 11.8. The molecule has 7 heteroatoms. The molecule has 1 aromatic rings. The van der Waals surface area contributed by atoms with Gasteiger partial charge in [0.15, 0.2) is 0 Å². The van der Waals surface area contributed by atoms with Crippen molar-refractivity contribution in [3.63, 3.8) is 0 Å². The molecule has 0 saturated heterocycles. The molecule has 0 aromatic heterocycles. The largest absolute Gasteiger partial charge is 0.383 e. The number of nitrogens with one attached hydrogen (secondary N) is 2. The molecule has 0 heterocycles. The Hall–Kier alpha value is -2.41. The van der Waals surface area contributed by atoms with Crippen molar-refractivity contribution in [2.24, 2.45) is 0 Å². The van der Waals surface area contributed by atoms with Crippen LogP contribution in [0.2, 0.25) is 0 Å². The van der Waals surface area contributed by atoms with Crippen LogP contribution in [0.5, 0.6) is 0 Å². The van der Waals surface area contributed by atoms with E-state index < -0.39 is 0 Å². The summed E-state index contributed by atoms with van der Waals surface area (Å²) in [5.41, 5.74) is 1.33. The average molecular weight is 321 g/mol. The Bertz CT molecular complexity index is 543. The minimum absolute atomic E-state index is 0.136. The van der Waals surface area contributed by atoms with Gasteiger partial charge in [-0.3, -0.25) is 14.4 Å². The van der Waals surface area contributed by atoms with Crippen LogP contribution in [0.4, 0.5) is 11.4 Å². The average Bonchev–Trinajstić information content (AvgIpc) is 2.48. The molecule has 3 amide bonds. The van der Waals surface area contributed by atoms with Gasteiger partial charge in [-0.2, -0.15) is 0 Å². The van der Waals surface area contributed by atoms with E-state index in [-0.39, 0.29) is 30.7 Å². The minimum Gasteiger partial charge on any atom is -0.383 e. The molecule has 0 fully saturated rings. The topological polar surface area (TPSA) is 87.7 Å². The van der Waals surface area contributed by atoms with E-state index in [1.54, 1.807) is 31.4 Å². The van der Waals surface area contributed by atoms with Gasteiger partial charge in [-0.15, -0.1) is 0 Å². The summed E-state index contributed by atoms with van der Waals surface area (Å²) in [7, 11) is 1.56. The van der Waals surface area contributed by atoms with Gasteiger partial charge in [-0.25, -0.2) is 0 Å². The van der Waals surface area contributed by atoms with Crippen LogP contribution in [0.3, 0.4) is 0 Å². The second-order valence-corrected chi connectivity index (χ2v) is 4.99. The van der Waals surface area contributed by atoms with Crippen LogP contribution in [-0.2, 0) is 19.1 Å². The quantitative estimate of drug-likeness (QED) is 0.703. The number of nitrogens with zero attached hydrogens (tertiary/aromatic N) is 1. The summed E-state index contributed by atoms with van der Waals surface area (Å²) in [6.07, 6.45) is 0.205. The summed E-state index contributed by atoms with van der Waals surface area (Å²) in [5.74, 6) is -0.445. The fourth-order valence-electron chi connectivity index (χ4n) is 1.99. The molecular formula is C16H23N3O4. The molecule has 0 bridgehead atoms. The van der Waals surface area contributed by atoms with Crippen molar-refractivity contribution in [1.29, 1.82) is 0 Å². The molecule has 23 heavy (non-hydrogen) atoms. The van der Waals surface area contributed by atoms with Gasteiger partial charge in [0, 0.05) is 51.8 Å². The SMILES string of the molecule is COCCNC(=O)CCN(C(C)=O)c1ccc(NC(C)=O)cc1. The van der Waals surface area contributed by atoms with Gasteiger partial charge in [0.1, 0.15) is 0 Å². The number of carbonyl (C=O) groups excluding carboxylic acids is 3. The molecular weight excluding hydrogens is 298 g/mol. The van der Waals surface area contributed by atoms with Gasteiger partial charge in [0.05, 0.1) is 6.61 Å². The van der Waals surface area contributed by atoms with Gasteiger partial charge < -0.3 is 20.3 Å². The van der Waals surface area contributed by atoms with Crippen molar-refractivity contribution in [1.82, 2.24) is 5.32 Å². The van der Waals surface area contributed by atoms with Gasteiger partial charge >= 0.3 is 0 Å².